The van der Waals surface area contributed by atoms with Crippen LogP contribution in [0.4, 0.5) is 21.0 Å². The van der Waals surface area contributed by atoms with Crippen molar-refractivity contribution >= 4 is 17.9 Å². The molecule has 0 saturated carbocycles. The van der Waals surface area contributed by atoms with Gasteiger partial charge < -0.3 is 25.0 Å². The zero-order valence-corrected chi connectivity index (χ0v) is 19.5. The number of rotatable bonds is 5. The largest absolute Gasteiger partial charge is 0.495 e. The molecule has 9 nitrogen and oxygen atoms in total. The lowest BCUT2D eigenvalue weighted by atomic mass is 10.0. The number of aromatic nitrogens is 2. The van der Waals surface area contributed by atoms with Crippen molar-refractivity contribution < 1.29 is 18.7 Å². The van der Waals surface area contributed by atoms with Gasteiger partial charge in [-0.2, -0.15) is 10.2 Å². The first kappa shape index (κ1) is 24.0. The number of benzene rings is 1. The molecule has 3 rings (SSSR count). The molecule has 1 fully saturated rings. The van der Waals surface area contributed by atoms with Gasteiger partial charge in [-0.25, -0.2) is 14.2 Å². The number of methoxy groups -OCH3 is 1. The Morgan fingerprint density at radius 2 is 2.06 bits per heavy atom. The van der Waals surface area contributed by atoms with E-state index in [1.54, 1.807) is 19.2 Å². The van der Waals surface area contributed by atoms with Gasteiger partial charge in [-0.05, 0) is 45.7 Å². The SMILES string of the molecule is CNc1nc(-c2cc(F)c(C#N)c(OC)c2)cc(N2CCC[C@@H](NC(=O)OC(C)(C)C)C2)n1. The second-order valence-electron chi connectivity index (χ2n) is 8.76. The topological polar surface area (TPSA) is 112 Å². The molecule has 0 radical (unpaired) electrons. The van der Waals surface area contributed by atoms with Crippen molar-refractivity contribution in [3.8, 4) is 23.1 Å². The summed E-state index contributed by atoms with van der Waals surface area (Å²) in [4.78, 5) is 23.3. The fourth-order valence-electron chi connectivity index (χ4n) is 3.63. The first-order valence-corrected chi connectivity index (χ1v) is 10.7. The number of anilines is 2. The van der Waals surface area contributed by atoms with E-state index in [2.05, 4.69) is 25.5 Å². The third-order valence-corrected chi connectivity index (χ3v) is 5.08. The van der Waals surface area contributed by atoms with E-state index >= 15 is 0 Å². The summed E-state index contributed by atoms with van der Waals surface area (Å²) in [6.45, 7) is 6.76. The summed E-state index contributed by atoms with van der Waals surface area (Å²) in [7, 11) is 3.08. The minimum absolute atomic E-state index is 0.0995. The number of amides is 1. The molecule has 176 valence electrons. The van der Waals surface area contributed by atoms with Crippen LogP contribution in [0.1, 0.15) is 39.2 Å². The lowest BCUT2D eigenvalue weighted by molar-refractivity contribution is 0.0500. The summed E-state index contributed by atoms with van der Waals surface area (Å²) >= 11 is 0. The summed E-state index contributed by atoms with van der Waals surface area (Å²) in [5, 5.41) is 15.0. The predicted molar refractivity (Wildman–Crippen MR) is 123 cm³/mol. The van der Waals surface area contributed by atoms with Crippen LogP contribution < -0.4 is 20.3 Å². The van der Waals surface area contributed by atoms with Gasteiger partial charge in [-0.15, -0.1) is 0 Å². The molecule has 10 heteroatoms. The van der Waals surface area contributed by atoms with E-state index in [1.807, 2.05) is 26.8 Å². The van der Waals surface area contributed by atoms with E-state index in [9.17, 15) is 14.4 Å². The number of piperidine rings is 1. The smallest absolute Gasteiger partial charge is 0.407 e. The van der Waals surface area contributed by atoms with Crippen LogP contribution in [0.15, 0.2) is 18.2 Å². The summed E-state index contributed by atoms with van der Waals surface area (Å²) in [5.74, 6) is 0.466. The molecule has 1 aromatic heterocycles. The lowest BCUT2D eigenvalue weighted by Gasteiger charge is -2.34. The molecule has 0 unspecified atom stereocenters. The highest BCUT2D eigenvalue weighted by Crippen LogP contribution is 2.31. The highest BCUT2D eigenvalue weighted by molar-refractivity contribution is 5.69. The third-order valence-electron chi connectivity index (χ3n) is 5.08. The minimum atomic E-state index is -0.683. The standard InChI is InChI=1S/C23H29FN6O3/c1-23(2,3)33-22(31)27-15-7-6-8-30(13-15)20-11-18(28-21(26-4)29-20)14-9-17(24)16(12-25)19(10-14)32-5/h9-11,15H,6-8,13H2,1-5H3,(H,27,31)(H,26,28,29)/t15-/m1/s1. The number of hydrogen-bond acceptors (Lipinski definition) is 8. The molecule has 2 N–H and O–H groups in total. The van der Waals surface area contributed by atoms with Crippen molar-refractivity contribution in [1.29, 1.82) is 5.26 Å². The van der Waals surface area contributed by atoms with Crippen LogP contribution in [0.2, 0.25) is 0 Å². The molecule has 2 aromatic rings. The molecule has 33 heavy (non-hydrogen) atoms. The van der Waals surface area contributed by atoms with E-state index in [0.29, 0.717) is 29.6 Å². The zero-order valence-electron chi connectivity index (χ0n) is 19.5. The number of alkyl carbamates (subject to hydrolysis) is 1. The Morgan fingerprint density at radius 3 is 2.70 bits per heavy atom. The van der Waals surface area contributed by atoms with Gasteiger partial charge in [-0.1, -0.05) is 0 Å². The first-order valence-electron chi connectivity index (χ1n) is 10.7. The van der Waals surface area contributed by atoms with Crippen molar-refractivity contribution in [3.05, 3.63) is 29.6 Å². The summed E-state index contributed by atoms with van der Waals surface area (Å²) in [6.07, 6.45) is 1.23. The molecule has 1 atom stereocenters. The van der Waals surface area contributed by atoms with Crippen molar-refractivity contribution in [2.45, 2.75) is 45.3 Å². The van der Waals surface area contributed by atoms with Crippen molar-refractivity contribution in [3.63, 3.8) is 0 Å². The van der Waals surface area contributed by atoms with Crippen LogP contribution in [-0.4, -0.2) is 55.0 Å². The van der Waals surface area contributed by atoms with Gasteiger partial charge in [-0.3, -0.25) is 0 Å². The highest BCUT2D eigenvalue weighted by Gasteiger charge is 2.26. The maximum atomic E-state index is 14.5. The van der Waals surface area contributed by atoms with E-state index in [0.717, 1.165) is 19.4 Å². The maximum Gasteiger partial charge on any atom is 0.407 e. The maximum absolute atomic E-state index is 14.5. The summed E-state index contributed by atoms with van der Waals surface area (Å²) in [5.41, 5.74) is 0.215. The van der Waals surface area contributed by atoms with E-state index in [1.165, 1.54) is 13.2 Å². The fraction of sp³-hybridized carbons (Fsp3) is 0.478. The lowest BCUT2D eigenvalue weighted by Crippen LogP contribution is -2.49. The van der Waals surface area contributed by atoms with E-state index in [4.69, 9.17) is 9.47 Å². The van der Waals surface area contributed by atoms with Gasteiger partial charge in [0.25, 0.3) is 0 Å². The second kappa shape index (κ2) is 9.90. The number of carbonyl (C=O) groups excluding carboxylic acids is 1. The van der Waals surface area contributed by atoms with Gasteiger partial charge >= 0.3 is 6.09 Å². The molecule has 1 saturated heterocycles. The highest BCUT2D eigenvalue weighted by atomic mass is 19.1. The Kier molecular flexibility index (Phi) is 7.21. The van der Waals surface area contributed by atoms with Crippen LogP contribution in [0.3, 0.4) is 0 Å². The fourth-order valence-corrected chi connectivity index (χ4v) is 3.63. The van der Waals surface area contributed by atoms with Gasteiger partial charge in [0.05, 0.1) is 12.8 Å². The van der Waals surface area contributed by atoms with Crippen LogP contribution in [0.5, 0.6) is 5.75 Å². The second-order valence-corrected chi connectivity index (χ2v) is 8.76. The number of halogens is 1. The number of ether oxygens (including phenoxy) is 2. The summed E-state index contributed by atoms with van der Waals surface area (Å²) < 4.78 is 25.0. The van der Waals surface area contributed by atoms with Gasteiger partial charge in [0, 0.05) is 37.8 Å². The van der Waals surface area contributed by atoms with Crippen molar-refractivity contribution in [2.24, 2.45) is 0 Å². The number of nitrogens with zero attached hydrogens (tertiary/aromatic N) is 4. The monoisotopic (exact) mass is 456 g/mol. The van der Waals surface area contributed by atoms with E-state index < -0.39 is 17.5 Å². The average Bonchev–Trinajstić information content (AvgIpc) is 2.76. The number of nitriles is 1. The number of carbonyl (C=O) groups is 1. The van der Waals surface area contributed by atoms with Crippen molar-refractivity contribution in [2.75, 3.05) is 37.5 Å². The predicted octanol–water partition coefficient (Wildman–Crippen LogP) is 3.70. The first-order chi connectivity index (χ1) is 15.6. The molecule has 0 aliphatic carbocycles. The summed E-state index contributed by atoms with van der Waals surface area (Å²) in [6, 6.07) is 6.32. The molecular formula is C23H29FN6O3. The zero-order chi connectivity index (χ0) is 24.2. The molecule has 2 heterocycles. The molecule has 1 aliphatic rings. The van der Waals surface area contributed by atoms with Crippen LogP contribution in [0.25, 0.3) is 11.3 Å². The molecule has 1 aromatic carbocycles. The Balaban J connectivity index is 1.88. The Labute approximate surface area is 192 Å². The van der Waals surface area contributed by atoms with Gasteiger partial charge in [0.1, 0.15) is 34.6 Å². The quantitative estimate of drug-likeness (QED) is 0.700. The average molecular weight is 457 g/mol. The van der Waals surface area contributed by atoms with Crippen molar-refractivity contribution in [1.82, 2.24) is 15.3 Å². The Bertz CT molecular complexity index is 1060. The molecular weight excluding hydrogens is 427 g/mol. The van der Waals surface area contributed by atoms with Crippen LogP contribution >= 0.6 is 0 Å². The van der Waals surface area contributed by atoms with Crippen LogP contribution in [0, 0.1) is 17.1 Å². The molecule has 1 amide bonds. The third kappa shape index (κ3) is 6.00. The minimum Gasteiger partial charge on any atom is -0.495 e. The van der Waals surface area contributed by atoms with Crippen LogP contribution in [-0.2, 0) is 4.74 Å². The van der Waals surface area contributed by atoms with Gasteiger partial charge in [0.15, 0.2) is 0 Å². The normalized spacial score (nSPS) is 16.0. The Hall–Kier alpha value is -3.61. The number of hydrogen-bond donors (Lipinski definition) is 2. The molecule has 0 bridgehead atoms. The molecule has 0 spiro atoms. The van der Waals surface area contributed by atoms with E-state index in [-0.39, 0.29) is 17.4 Å². The number of nitrogens with one attached hydrogen (secondary N) is 2. The Morgan fingerprint density at radius 1 is 1.30 bits per heavy atom. The molecule has 1 aliphatic heterocycles. The van der Waals surface area contributed by atoms with Gasteiger partial charge in [0.2, 0.25) is 5.95 Å².